The van der Waals surface area contributed by atoms with E-state index in [1.807, 2.05) is 25.1 Å². The molecule has 2 rings (SSSR count). The Hall–Kier alpha value is -1.79. The standard InChI is InChI=1S/C14H17N3O2S/c1-3-10(8-18)17-13(19)12-9(2)16-14(20-12)11-6-4-5-7-15-11/h4-7,10,18H,3,8H2,1-2H3,(H,17,19). The molecule has 20 heavy (non-hydrogen) atoms. The van der Waals surface area contributed by atoms with E-state index in [-0.39, 0.29) is 18.6 Å². The maximum Gasteiger partial charge on any atom is 0.263 e. The molecule has 0 saturated heterocycles. The van der Waals surface area contributed by atoms with Crippen LogP contribution in [-0.2, 0) is 0 Å². The van der Waals surface area contributed by atoms with Crippen LogP contribution in [0, 0.1) is 6.92 Å². The minimum atomic E-state index is -0.220. The highest BCUT2D eigenvalue weighted by Gasteiger charge is 2.18. The molecule has 1 amide bonds. The number of aryl methyl sites for hydroxylation is 1. The van der Waals surface area contributed by atoms with Gasteiger partial charge in [0.05, 0.1) is 24.0 Å². The molecule has 0 spiro atoms. The van der Waals surface area contributed by atoms with Crippen LogP contribution in [0.25, 0.3) is 10.7 Å². The van der Waals surface area contributed by atoms with Gasteiger partial charge in [-0.15, -0.1) is 11.3 Å². The maximum absolute atomic E-state index is 12.2. The average molecular weight is 291 g/mol. The van der Waals surface area contributed by atoms with E-state index in [4.69, 9.17) is 5.11 Å². The third-order valence-electron chi connectivity index (χ3n) is 2.94. The van der Waals surface area contributed by atoms with Crippen molar-refractivity contribution in [1.82, 2.24) is 15.3 Å². The molecule has 0 saturated carbocycles. The number of carbonyl (C=O) groups excluding carboxylic acids is 1. The first-order valence-corrected chi connectivity index (χ1v) is 7.28. The predicted octanol–water partition coefficient (Wildman–Crippen LogP) is 2.01. The second-order valence-electron chi connectivity index (χ2n) is 4.41. The zero-order valence-electron chi connectivity index (χ0n) is 11.5. The van der Waals surface area contributed by atoms with E-state index in [2.05, 4.69) is 15.3 Å². The second kappa shape index (κ2) is 6.58. The molecular weight excluding hydrogens is 274 g/mol. The fraction of sp³-hybridized carbons (Fsp3) is 0.357. The van der Waals surface area contributed by atoms with Gasteiger partial charge in [-0.2, -0.15) is 0 Å². The summed E-state index contributed by atoms with van der Waals surface area (Å²) in [4.78, 5) is 21.4. The maximum atomic E-state index is 12.2. The Labute approximate surface area is 121 Å². The molecule has 0 aliphatic carbocycles. The molecule has 1 atom stereocenters. The lowest BCUT2D eigenvalue weighted by atomic mass is 10.2. The molecule has 6 heteroatoms. The molecule has 2 aromatic heterocycles. The normalized spacial score (nSPS) is 12.2. The Kier molecular flexibility index (Phi) is 4.81. The Balaban J connectivity index is 2.22. The van der Waals surface area contributed by atoms with Gasteiger partial charge in [-0.3, -0.25) is 9.78 Å². The SMILES string of the molecule is CCC(CO)NC(=O)c1sc(-c2ccccn2)nc1C. The van der Waals surface area contributed by atoms with Crippen LogP contribution in [0.1, 0.15) is 28.7 Å². The number of rotatable bonds is 5. The first-order chi connectivity index (χ1) is 9.65. The smallest absolute Gasteiger partial charge is 0.263 e. The summed E-state index contributed by atoms with van der Waals surface area (Å²) in [5, 5.41) is 12.7. The number of hydrogen-bond donors (Lipinski definition) is 2. The Morgan fingerprint density at radius 1 is 1.50 bits per heavy atom. The molecule has 2 heterocycles. The number of aromatic nitrogens is 2. The van der Waals surface area contributed by atoms with Gasteiger partial charge in [0.15, 0.2) is 0 Å². The van der Waals surface area contributed by atoms with Crippen molar-refractivity contribution in [2.24, 2.45) is 0 Å². The van der Waals surface area contributed by atoms with Gasteiger partial charge < -0.3 is 10.4 Å². The summed E-state index contributed by atoms with van der Waals surface area (Å²) in [7, 11) is 0. The minimum Gasteiger partial charge on any atom is -0.394 e. The molecule has 2 N–H and O–H groups in total. The predicted molar refractivity (Wildman–Crippen MR) is 78.7 cm³/mol. The monoisotopic (exact) mass is 291 g/mol. The Bertz CT molecular complexity index is 579. The summed E-state index contributed by atoms with van der Waals surface area (Å²) >= 11 is 1.32. The number of hydrogen-bond acceptors (Lipinski definition) is 5. The van der Waals surface area contributed by atoms with Crippen molar-refractivity contribution in [2.45, 2.75) is 26.3 Å². The summed E-state index contributed by atoms with van der Waals surface area (Å²) in [5.41, 5.74) is 1.44. The van der Waals surface area contributed by atoms with Crippen molar-refractivity contribution in [3.8, 4) is 10.7 Å². The van der Waals surface area contributed by atoms with Crippen molar-refractivity contribution in [1.29, 1.82) is 0 Å². The number of aliphatic hydroxyl groups is 1. The summed E-state index contributed by atoms with van der Waals surface area (Å²) in [6, 6.07) is 5.37. The van der Waals surface area contributed by atoms with Crippen LogP contribution in [0.3, 0.4) is 0 Å². The number of aliphatic hydroxyl groups excluding tert-OH is 1. The molecule has 0 aliphatic heterocycles. The molecule has 106 valence electrons. The largest absolute Gasteiger partial charge is 0.394 e. The van der Waals surface area contributed by atoms with Gasteiger partial charge in [-0.25, -0.2) is 4.98 Å². The zero-order chi connectivity index (χ0) is 14.5. The average Bonchev–Trinajstić information content (AvgIpc) is 2.87. The van der Waals surface area contributed by atoms with Gasteiger partial charge in [0.2, 0.25) is 0 Å². The lowest BCUT2D eigenvalue weighted by molar-refractivity contribution is 0.0918. The fourth-order valence-electron chi connectivity index (χ4n) is 1.73. The highest BCUT2D eigenvalue weighted by molar-refractivity contribution is 7.17. The number of amides is 1. The molecule has 1 unspecified atom stereocenters. The summed E-state index contributed by atoms with van der Waals surface area (Å²) < 4.78 is 0. The van der Waals surface area contributed by atoms with Crippen molar-refractivity contribution < 1.29 is 9.90 Å². The van der Waals surface area contributed by atoms with Crippen LogP contribution in [0.5, 0.6) is 0 Å². The van der Waals surface area contributed by atoms with E-state index in [1.165, 1.54) is 11.3 Å². The first kappa shape index (κ1) is 14.6. The first-order valence-electron chi connectivity index (χ1n) is 6.46. The molecule has 0 aliphatic rings. The van der Waals surface area contributed by atoms with Gasteiger partial charge in [-0.1, -0.05) is 13.0 Å². The molecule has 2 aromatic rings. The van der Waals surface area contributed by atoms with Gasteiger partial charge in [-0.05, 0) is 25.5 Å². The van der Waals surface area contributed by atoms with Crippen molar-refractivity contribution >= 4 is 17.2 Å². The van der Waals surface area contributed by atoms with E-state index in [1.54, 1.807) is 13.1 Å². The van der Waals surface area contributed by atoms with Crippen LogP contribution in [0.15, 0.2) is 24.4 Å². The van der Waals surface area contributed by atoms with Gasteiger partial charge in [0.1, 0.15) is 9.88 Å². The van der Waals surface area contributed by atoms with E-state index in [0.717, 1.165) is 10.7 Å². The van der Waals surface area contributed by atoms with Crippen LogP contribution in [-0.4, -0.2) is 33.6 Å². The third kappa shape index (κ3) is 3.20. The summed E-state index contributed by atoms with van der Waals surface area (Å²) in [5.74, 6) is -0.192. The molecule has 0 aromatic carbocycles. The topological polar surface area (TPSA) is 75.1 Å². The number of pyridine rings is 1. The lowest BCUT2D eigenvalue weighted by Gasteiger charge is -2.12. The highest BCUT2D eigenvalue weighted by atomic mass is 32.1. The van der Waals surface area contributed by atoms with Gasteiger partial charge in [0, 0.05) is 6.20 Å². The van der Waals surface area contributed by atoms with E-state index >= 15 is 0 Å². The zero-order valence-corrected chi connectivity index (χ0v) is 12.3. The molecule has 5 nitrogen and oxygen atoms in total. The molecular formula is C14H17N3O2S. The fourth-order valence-corrected chi connectivity index (χ4v) is 2.68. The highest BCUT2D eigenvalue weighted by Crippen LogP contribution is 2.26. The van der Waals surface area contributed by atoms with Crippen LogP contribution in [0.2, 0.25) is 0 Å². The number of nitrogens with one attached hydrogen (secondary N) is 1. The van der Waals surface area contributed by atoms with E-state index in [9.17, 15) is 4.79 Å². The van der Waals surface area contributed by atoms with Crippen LogP contribution in [0.4, 0.5) is 0 Å². The third-order valence-corrected chi connectivity index (χ3v) is 4.11. The van der Waals surface area contributed by atoms with Gasteiger partial charge in [0.25, 0.3) is 5.91 Å². The second-order valence-corrected chi connectivity index (χ2v) is 5.41. The summed E-state index contributed by atoms with van der Waals surface area (Å²) in [6.45, 7) is 3.66. The van der Waals surface area contributed by atoms with Gasteiger partial charge >= 0.3 is 0 Å². The number of nitrogens with zero attached hydrogens (tertiary/aromatic N) is 2. The van der Waals surface area contributed by atoms with Crippen molar-refractivity contribution in [2.75, 3.05) is 6.61 Å². The van der Waals surface area contributed by atoms with Crippen LogP contribution < -0.4 is 5.32 Å². The molecule has 0 radical (unpaired) electrons. The van der Waals surface area contributed by atoms with Crippen molar-refractivity contribution in [3.63, 3.8) is 0 Å². The van der Waals surface area contributed by atoms with E-state index in [0.29, 0.717) is 17.0 Å². The molecule has 0 bridgehead atoms. The minimum absolute atomic E-state index is 0.0623. The Morgan fingerprint density at radius 2 is 2.30 bits per heavy atom. The number of carbonyl (C=O) groups is 1. The van der Waals surface area contributed by atoms with E-state index < -0.39 is 0 Å². The quantitative estimate of drug-likeness (QED) is 0.883. The van der Waals surface area contributed by atoms with Crippen molar-refractivity contribution in [3.05, 3.63) is 35.0 Å². The van der Waals surface area contributed by atoms with Crippen LogP contribution >= 0.6 is 11.3 Å². The molecule has 0 fully saturated rings. The summed E-state index contributed by atoms with van der Waals surface area (Å²) in [6.07, 6.45) is 2.39. The number of thiazole rings is 1. The Morgan fingerprint density at radius 3 is 2.90 bits per heavy atom. The lowest BCUT2D eigenvalue weighted by Crippen LogP contribution is -2.36.